The Balaban J connectivity index is 1.29. The number of likely N-dealkylation sites (tertiary alicyclic amines) is 1. The van der Waals surface area contributed by atoms with Crippen LogP contribution in [0.15, 0.2) is 40.6 Å². The lowest BCUT2D eigenvalue weighted by Gasteiger charge is -2.32. The molecule has 1 amide bonds. The second-order valence-electron chi connectivity index (χ2n) is 8.53. The zero-order valence-corrected chi connectivity index (χ0v) is 19.7. The molecule has 6 nitrogen and oxygen atoms in total. The molecule has 0 atom stereocenters. The van der Waals surface area contributed by atoms with Crippen molar-refractivity contribution in [1.29, 1.82) is 0 Å². The maximum absolute atomic E-state index is 12.9. The first kappa shape index (κ1) is 22.5. The number of nitrogens with one attached hydrogen (secondary N) is 1. The number of aryl methyl sites for hydroxylation is 1. The van der Waals surface area contributed by atoms with Crippen LogP contribution in [0.3, 0.4) is 0 Å². The molecule has 31 heavy (non-hydrogen) atoms. The van der Waals surface area contributed by atoms with Crippen LogP contribution >= 0.6 is 11.3 Å². The minimum absolute atomic E-state index is 0.00332. The number of carbonyl (C=O) groups excluding carboxylic acids is 1. The van der Waals surface area contributed by atoms with Gasteiger partial charge in [-0.3, -0.25) is 4.79 Å². The van der Waals surface area contributed by atoms with E-state index in [1.165, 1.54) is 4.88 Å². The van der Waals surface area contributed by atoms with E-state index < -0.39 is 10.0 Å². The molecule has 8 heteroatoms. The molecule has 168 valence electrons. The molecule has 4 rings (SSSR count). The summed E-state index contributed by atoms with van der Waals surface area (Å²) in [6.07, 6.45) is 4.78. The van der Waals surface area contributed by atoms with Gasteiger partial charge in [0.05, 0.1) is 4.90 Å². The summed E-state index contributed by atoms with van der Waals surface area (Å²) < 4.78 is 28.6. The van der Waals surface area contributed by atoms with Crippen molar-refractivity contribution in [3.63, 3.8) is 0 Å². The number of anilines is 1. The van der Waals surface area contributed by atoms with E-state index in [-0.39, 0.29) is 5.91 Å². The zero-order valence-electron chi connectivity index (χ0n) is 18.0. The first-order chi connectivity index (χ1) is 14.9. The number of piperidine rings is 1. The summed E-state index contributed by atoms with van der Waals surface area (Å²) in [7, 11) is -3.55. The van der Waals surface area contributed by atoms with E-state index in [9.17, 15) is 13.2 Å². The molecule has 3 heterocycles. The lowest BCUT2D eigenvalue weighted by molar-refractivity contribution is -0.116. The predicted octanol–water partition coefficient (Wildman–Crippen LogP) is 3.28. The van der Waals surface area contributed by atoms with Gasteiger partial charge in [0.15, 0.2) is 0 Å². The third-order valence-corrected chi connectivity index (χ3v) is 8.74. The van der Waals surface area contributed by atoms with Crippen LogP contribution in [0.2, 0.25) is 0 Å². The fraction of sp³-hybridized carbons (Fsp3) is 0.522. The smallest absolute Gasteiger partial charge is 0.240 e. The van der Waals surface area contributed by atoms with E-state index >= 15 is 0 Å². The minimum Gasteiger partial charge on any atom is -0.312 e. The Morgan fingerprint density at radius 3 is 2.71 bits per heavy atom. The summed E-state index contributed by atoms with van der Waals surface area (Å²) in [5.74, 6) is 0.370. The quantitative estimate of drug-likeness (QED) is 0.687. The van der Waals surface area contributed by atoms with Crippen LogP contribution in [0.1, 0.15) is 36.6 Å². The van der Waals surface area contributed by atoms with Crippen LogP contribution in [0.25, 0.3) is 0 Å². The molecule has 0 unspecified atom stereocenters. The Morgan fingerprint density at radius 2 is 2.00 bits per heavy atom. The second kappa shape index (κ2) is 9.81. The highest BCUT2D eigenvalue weighted by Crippen LogP contribution is 2.29. The molecule has 1 saturated heterocycles. The number of nitrogens with zero attached hydrogens (tertiary/aromatic N) is 2. The molecule has 1 aromatic heterocycles. The van der Waals surface area contributed by atoms with Gasteiger partial charge < -0.3 is 9.80 Å². The number of thiophene rings is 1. The van der Waals surface area contributed by atoms with Crippen LogP contribution in [-0.4, -0.2) is 51.9 Å². The highest BCUT2D eigenvalue weighted by atomic mass is 32.2. The molecule has 0 aliphatic carbocycles. The molecule has 0 saturated carbocycles. The summed E-state index contributed by atoms with van der Waals surface area (Å²) in [6.45, 7) is 5.85. The van der Waals surface area contributed by atoms with Crippen molar-refractivity contribution in [2.75, 3.05) is 37.6 Å². The number of rotatable bonds is 7. The maximum atomic E-state index is 12.9. The number of fused-ring (bicyclic) bond motifs is 1. The van der Waals surface area contributed by atoms with Gasteiger partial charge in [-0.2, -0.15) is 0 Å². The molecule has 2 aliphatic rings. The molecule has 1 aromatic carbocycles. The zero-order chi connectivity index (χ0) is 21.8. The summed E-state index contributed by atoms with van der Waals surface area (Å²) >= 11 is 1.81. The highest BCUT2D eigenvalue weighted by molar-refractivity contribution is 7.89. The van der Waals surface area contributed by atoms with Gasteiger partial charge >= 0.3 is 0 Å². The van der Waals surface area contributed by atoms with E-state index in [0.717, 1.165) is 63.0 Å². The summed E-state index contributed by atoms with van der Waals surface area (Å²) in [5, 5.41) is 2.12. The Labute approximate surface area is 189 Å². The molecule has 2 aliphatic heterocycles. The van der Waals surface area contributed by atoms with E-state index in [0.29, 0.717) is 23.9 Å². The topological polar surface area (TPSA) is 69.7 Å². The van der Waals surface area contributed by atoms with E-state index in [4.69, 9.17) is 0 Å². The fourth-order valence-corrected chi connectivity index (χ4v) is 6.38. The first-order valence-electron chi connectivity index (χ1n) is 11.1. The van der Waals surface area contributed by atoms with Gasteiger partial charge in [-0.1, -0.05) is 6.07 Å². The van der Waals surface area contributed by atoms with Gasteiger partial charge in [0, 0.05) is 37.1 Å². The number of hydrogen-bond donors (Lipinski definition) is 1. The lowest BCUT2D eigenvalue weighted by Crippen LogP contribution is -2.39. The van der Waals surface area contributed by atoms with Gasteiger partial charge in [0.2, 0.25) is 15.9 Å². The maximum Gasteiger partial charge on any atom is 0.240 e. The molecular weight excluding hydrogens is 430 g/mol. The van der Waals surface area contributed by atoms with Gasteiger partial charge in [-0.05, 0) is 86.3 Å². The summed E-state index contributed by atoms with van der Waals surface area (Å²) in [4.78, 5) is 17.8. The monoisotopic (exact) mass is 461 g/mol. The van der Waals surface area contributed by atoms with Crippen molar-refractivity contribution in [2.45, 2.75) is 43.9 Å². The van der Waals surface area contributed by atoms with Crippen molar-refractivity contribution >= 4 is 33.0 Å². The first-order valence-corrected chi connectivity index (χ1v) is 13.4. The van der Waals surface area contributed by atoms with Crippen molar-refractivity contribution in [3.8, 4) is 0 Å². The Kier molecular flexibility index (Phi) is 7.11. The standard InChI is InChI=1S/C23H31N3O3S2/c1-18(27)26-11-2-4-20-16-22(6-7-23(20)26)31(28,29)24-17-19-8-12-25(13-9-19)14-10-21-5-3-15-30-21/h3,5-7,15-16,19,24H,2,4,8-14,17H2,1H3. The molecule has 2 aromatic rings. The normalized spacial score (nSPS) is 18.2. The molecule has 0 bridgehead atoms. The fourth-order valence-electron chi connectivity index (χ4n) is 4.52. The largest absolute Gasteiger partial charge is 0.312 e. The Morgan fingerprint density at radius 1 is 1.19 bits per heavy atom. The predicted molar refractivity (Wildman–Crippen MR) is 125 cm³/mol. The van der Waals surface area contributed by atoms with Gasteiger partial charge in [-0.15, -0.1) is 11.3 Å². The number of sulfonamides is 1. The van der Waals surface area contributed by atoms with E-state index in [2.05, 4.69) is 27.1 Å². The summed E-state index contributed by atoms with van der Waals surface area (Å²) in [5.41, 5.74) is 1.77. The molecule has 1 fully saturated rings. The van der Waals surface area contributed by atoms with Crippen molar-refractivity contribution in [2.24, 2.45) is 5.92 Å². The van der Waals surface area contributed by atoms with Crippen molar-refractivity contribution < 1.29 is 13.2 Å². The molecular formula is C23H31N3O3S2. The van der Waals surface area contributed by atoms with Crippen LogP contribution < -0.4 is 9.62 Å². The minimum atomic E-state index is -3.55. The van der Waals surface area contributed by atoms with Gasteiger partial charge in [0.1, 0.15) is 0 Å². The highest BCUT2D eigenvalue weighted by Gasteiger charge is 2.25. The number of amides is 1. The molecule has 1 N–H and O–H groups in total. The number of benzene rings is 1. The third kappa shape index (κ3) is 5.55. The van der Waals surface area contributed by atoms with Gasteiger partial charge in [-0.25, -0.2) is 13.1 Å². The van der Waals surface area contributed by atoms with Crippen LogP contribution in [0.4, 0.5) is 5.69 Å². The van der Waals surface area contributed by atoms with E-state index in [1.807, 2.05) is 11.3 Å². The SMILES string of the molecule is CC(=O)N1CCCc2cc(S(=O)(=O)NCC3CCN(CCc4cccs4)CC3)ccc21. The van der Waals surface area contributed by atoms with Crippen LogP contribution in [0, 0.1) is 5.92 Å². The lowest BCUT2D eigenvalue weighted by atomic mass is 9.97. The summed E-state index contributed by atoms with van der Waals surface area (Å²) in [6, 6.07) is 9.41. The molecule has 0 radical (unpaired) electrons. The number of carbonyl (C=O) groups is 1. The van der Waals surface area contributed by atoms with Gasteiger partial charge in [0.25, 0.3) is 0 Å². The average molecular weight is 462 g/mol. The van der Waals surface area contributed by atoms with Crippen LogP contribution in [-0.2, 0) is 27.7 Å². The van der Waals surface area contributed by atoms with Crippen molar-refractivity contribution in [3.05, 3.63) is 46.2 Å². The average Bonchev–Trinajstić information content (AvgIpc) is 3.30. The van der Waals surface area contributed by atoms with Crippen molar-refractivity contribution in [1.82, 2.24) is 9.62 Å². The third-order valence-electron chi connectivity index (χ3n) is 6.38. The number of hydrogen-bond acceptors (Lipinski definition) is 5. The molecule has 0 spiro atoms. The Hall–Kier alpha value is -1.74. The van der Waals surface area contributed by atoms with Crippen LogP contribution in [0.5, 0.6) is 0 Å². The second-order valence-corrected chi connectivity index (χ2v) is 11.3. The van der Waals surface area contributed by atoms with E-state index in [1.54, 1.807) is 30.0 Å². The Bertz CT molecular complexity index is 997.